The van der Waals surface area contributed by atoms with Crippen molar-refractivity contribution in [3.63, 3.8) is 0 Å². The molecular weight excluding hydrogens is 204 g/mol. The van der Waals surface area contributed by atoms with Gasteiger partial charge in [-0.2, -0.15) is 0 Å². The first-order valence-corrected chi connectivity index (χ1v) is 5.37. The fourth-order valence-electron chi connectivity index (χ4n) is 1.68. The van der Waals surface area contributed by atoms with E-state index in [2.05, 4.69) is 0 Å². The molecule has 0 aliphatic rings. The number of methoxy groups -OCH3 is 2. The molecule has 0 aromatic heterocycles. The van der Waals surface area contributed by atoms with Crippen molar-refractivity contribution in [2.45, 2.75) is 25.9 Å². The molecule has 90 valence electrons. The Labute approximate surface area is 97.0 Å². The summed E-state index contributed by atoms with van der Waals surface area (Å²) in [6, 6.07) is 5.80. The van der Waals surface area contributed by atoms with Gasteiger partial charge in [-0.25, -0.2) is 0 Å². The van der Waals surface area contributed by atoms with Gasteiger partial charge in [-0.05, 0) is 26.0 Å². The van der Waals surface area contributed by atoms with Gasteiger partial charge in [0, 0.05) is 25.7 Å². The van der Waals surface area contributed by atoms with E-state index < -0.39 is 5.60 Å². The van der Waals surface area contributed by atoms with E-state index in [9.17, 15) is 5.11 Å². The van der Waals surface area contributed by atoms with E-state index in [4.69, 9.17) is 9.47 Å². The normalized spacial score (nSPS) is 14.6. The number of hydrogen-bond acceptors (Lipinski definition) is 3. The lowest BCUT2D eigenvalue weighted by Gasteiger charge is -2.25. The predicted molar refractivity (Wildman–Crippen MR) is 63.8 cm³/mol. The van der Waals surface area contributed by atoms with Crippen molar-refractivity contribution < 1.29 is 14.6 Å². The zero-order valence-electron chi connectivity index (χ0n) is 10.4. The molecule has 3 nitrogen and oxygen atoms in total. The van der Waals surface area contributed by atoms with Gasteiger partial charge in [0.1, 0.15) is 5.75 Å². The third kappa shape index (κ3) is 2.97. The highest BCUT2D eigenvalue weighted by Gasteiger charge is 2.26. The lowest BCUT2D eigenvalue weighted by Crippen LogP contribution is -2.24. The number of aliphatic hydroxyl groups is 1. The van der Waals surface area contributed by atoms with Gasteiger partial charge < -0.3 is 14.6 Å². The molecule has 1 unspecified atom stereocenters. The molecule has 0 radical (unpaired) electrons. The molecule has 1 aromatic rings. The molecule has 1 aromatic carbocycles. The van der Waals surface area contributed by atoms with Crippen molar-refractivity contribution in [1.82, 2.24) is 0 Å². The maximum Gasteiger partial charge on any atom is 0.124 e. The summed E-state index contributed by atoms with van der Waals surface area (Å²) >= 11 is 0. The van der Waals surface area contributed by atoms with Crippen LogP contribution in [0.4, 0.5) is 0 Å². The first-order chi connectivity index (χ1) is 7.51. The minimum Gasteiger partial charge on any atom is -0.496 e. The molecule has 0 fully saturated rings. The molecule has 0 spiro atoms. The van der Waals surface area contributed by atoms with Crippen molar-refractivity contribution in [1.29, 1.82) is 0 Å². The molecule has 1 atom stereocenters. The van der Waals surface area contributed by atoms with Crippen LogP contribution >= 0.6 is 0 Å². The van der Waals surface area contributed by atoms with Crippen molar-refractivity contribution in [3.8, 4) is 5.75 Å². The van der Waals surface area contributed by atoms with Crippen LogP contribution in [0.1, 0.15) is 24.5 Å². The van der Waals surface area contributed by atoms with Crippen molar-refractivity contribution in [3.05, 3.63) is 29.3 Å². The van der Waals surface area contributed by atoms with Gasteiger partial charge in [0.25, 0.3) is 0 Å². The summed E-state index contributed by atoms with van der Waals surface area (Å²) in [6.45, 7) is 4.29. The van der Waals surface area contributed by atoms with Crippen LogP contribution in [0.5, 0.6) is 5.75 Å². The highest BCUT2D eigenvalue weighted by Crippen LogP contribution is 2.33. The summed E-state index contributed by atoms with van der Waals surface area (Å²) in [6.07, 6.45) is 0.545. The Hall–Kier alpha value is -1.06. The highest BCUT2D eigenvalue weighted by atomic mass is 16.5. The van der Waals surface area contributed by atoms with E-state index in [1.54, 1.807) is 21.1 Å². The van der Waals surface area contributed by atoms with Gasteiger partial charge in [-0.15, -0.1) is 0 Å². The summed E-state index contributed by atoms with van der Waals surface area (Å²) in [5.74, 6) is 0.715. The lowest BCUT2D eigenvalue weighted by molar-refractivity contribution is 0.0191. The van der Waals surface area contributed by atoms with E-state index in [0.29, 0.717) is 18.8 Å². The second-order valence-electron chi connectivity index (χ2n) is 4.22. The van der Waals surface area contributed by atoms with Crippen LogP contribution in [0.2, 0.25) is 0 Å². The fourth-order valence-corrected chi connectivity index (χ4v) is 1.68. The van der Waals surface area contributed by atoms with Gasteiger partial charge in [0.15, 0.2) is 0 Å². The smallest absolute Gasteiger partial charge is 0.124 e. The first-order valence-electron chi connectivity index (χ1n) is 5.37. The predicted octanol–water partition coefficient (Wildman–Crippen LogP) is 2.25. The van der Waals surface area contributed by atoms with Crippen LogP contribution in [0.25, 0.3) is 0 Å². The molecule has 0 amide bonds. The number of benzene rings is 1. The zero-order valence-corrected chi connectivity index (χ0v) is 10.4. The van der Waals surface area contributed by atoms with E-state index in [1.165, 1.54) is 0 Å². The van der Waals surface area contributed by atoms with Crippen LogP contribution in [0.3, 0.4) is 0 Å². The second-order valence-corrected chi connectivity index (χ2v) is 4.22. The summed E-state index contributed by atoms with van der Waals surface area (Å²) in [7, 11) is 3.24. The SMILES string of the molecule is COCCC(C)(O)c1cc(C)ccc1OC. The number of ether oxygens (including phenoxy) is 2. The molecule has 0 saturated carbocycles. The molecule has 0 heterocycles. The van der Waals surface area contributed by atoms with Crippen LogP contribution < -0.4 is 4.74 Å². The summed E-state index contributed by atoms with van der Waals surface area (Å²) < 4.78 is 10.3. The number of rotatable bonds is 5. The van der Waals surface area contributed by atoms with Gasteiger partial charge >= 0.3 is 0 Å². The summed E-state index contributed by atoms with van der Waals surface area (Å²) in [5.41, 5.74) is 0.994. The third-order valence-electron chi connectivity index (χ3n) is 2.73. The Morgan fingerprint density at radius 3 is 2.56 bits per heavy atom. The van der Waals surface area contributed by atoms with Crippen LogP contribution in [-0.4, -0.2) is 25.9 Å². The van der Waals surface area contributed by atoms with Gasteiger partial charge in [-0.3, -0.25) is 0 Å². The third-order valence-corrected chi connectivity index (χ3v) is 2.73. The van der Waals surface area contributed by atoms with Gasteiger partial charge in [0.2, 0.25) is 0 Å². The Morgan fingerprint density at radius 2 is 2.00 bits per heavy atom. The van der Waals surface area contributed by atoms with E-state index in [1.807, 2.05) is 25.1 Å². The zero-order chi connectivity index (χ0) is 12.2. The molecular formula is C13H20O3. The van der Waals surface area contributed by atoms with E-state index in [0.717, 1.165) is 11.1 Å². The van der Waals surface area contributed by atoms with E-state index in [-0.39, 0.29) is 0 Å². The van der Waals surface area contributed by atoms with Gasteiger partial charge in [-0.1, -0.05) is 11.6 Å². The summed E-state index contributed by atoms with van der Waals surface area (Å²) in [4.78, 5) is 0. The van der Waals surface area contributed by atoms with Crippen molar-refractivity contribution in [2.24, 2.45) is 0 Å². The van der Waals surface area contributed by atoms with Gasteiger partial charge in [0.05, 0.1) is 12.7 Å². The fraction of sp³-hybridized carbons (Fsp3) is 0.538. The summed E-state index contributed by atoms with van der Waals surface area (Å²) in [5, 5.41) is 10.4. The molecule has 3 heteroatoms. The molecule has 1 rings (SSSR count). The molecule has 0 aliphatic carbocycles. The molecule has 1 N–H and O–H groups in total. The topological polar surface area (TPSA) is 38.7 Å². The monoisotopic (exact) mass is 224 g/mol. The minimum atomic E-state index is -0.923. The maximum atomic E-state index is 10.4. The molecule has 0 bridgehead atoms. The Bertz CT molecular complexity index is 345. The molecule has 16 heavy (non-hydrogen) atoms. The average molecular weight is 224 g/mol. The highest BCUT2D eigenvalue weighted by molar-refractivity contribution is 5.40. The number of aryl methyl sites for hydroxylation is 1. The minimum absolute atomic E-state index is 0.518. The standard InChI is InChI=1S/C13H20O3/c1-10-5-6-12(16-4)11(9-10)13(2,14)7-8-15-3/h5-6,9,14H,7-8H2,1-4H3. The van der Waals surface area contributed by atoms with Crippen LogP contribution in [-0.2, 0) is 10.3 Å². The van der Waals surface area contributed by atoms with E-state index >= 15 is 0 Å². The van der Waals surface area contributed by atoms with Crippen LogP contribution in [0.15, 0.2) is 18.2 Å². The Morgan fingerprint density at radius 1 is 1.31 bits per heavy atom. The Kier molecular flexibility index (Phi) is 4.33. The largest absolute Gasteiger partial charge is 0.496 e. The quantitative estimate of drug-likeness (QED) is 0.833. The maximum absolute atomic E-state index is 10.4. The second kappa shape index (κ2) is 5.32. The average Bonchev–Trinajstić information content (AvgIpc) is 2.26. The Balaban J connectivity index is 3.04. The number of hydrogen-bond donors (Lipinski definition) is 1. The van der Waals surface area contributed by atoms with Crippen molar-refractivity contribution >= 4 is 0 Å². The molecule has 0 saturated heterocycles. The molecule has 0 aliphatic heterocycles. The lowest BCUT2D eigenvalue weighted by atomic mass is 9.91. The van der Waals surface area contributed by atoms with Crippen molar-refractivity contribution in [2.75, 3.05) is 20.8 Å². The van der Waals surface area contributed by atoms with Crippen LogP contribution in [0, 0.1) is 6.92 Å². The first kappa shape index (κ1) is 13.0.